The molecule has 3 aromatic rings. The molecule has 1 aliphatic rings. The molecule has 1 atom stereocenters. The Hall–Kier alpha value is -2.92. The zero-order valence-corrected chi connectivity index (χ0v) is 17.2. The Bertz CT molecular complexity index is 1040. The molecule has 0 spiro atoms. The number of rotatable bonds is 5. The van der Waals surface area contributed by atoms with Crippen LogP contribution in [0.3, 0.4) is 0 Å². The second-order valence-corrected chi connectivity index (χ2v) is 8.84. The molecule has 29 heavy (non-hydrogen) atoms. The highest BCUT2D eigenvalue weighted by atomic mass is 32.1. The van der Waals surface area contributed by atoms with Gasteiger partial charge in [-0.1, -0.05) is 49.4 Å². The lowest BCUT2D eigenvalue weighted by Crippen LogP contribution is -2.19. The number of amides is 2. The lowest BCUT2D eigenvalue weighted by atomic mass is 9.87. The summed E-state index contributed by atoms with van der Waals surface area (Å²) in [4.78, 5) is 26.0. The van der Waals surface area contributed by atoms with Crippen molar-refractivity contribution < 1.29 is 9.59 Å². The minimum absolute atomic E-state index is 0.217. The molecule has 5 heteroatoms. The van der Waals surface area contributed by atoms with Crippen molar-refractivity contribution in [1.82, 2.24) is 0 Å². The summed E-state index contributed by atoms with van der Waals surface area (Å²) in [5.41, 5.74) is 10.1. The van der Waals surface area contributed by atoms with Gasteiger partial charge in [-0.05, 0) is 60.4 Å². The standard InChI is InChI=1S/C24H24N2O2S/c1-15-7-12-20-19(13-15)21(22(25)27)24(29-20)26-23(28)18-10-8-17(9-11-18)14-16-5-3-2-4-6-16/h2-6,8-11,15H,7,12-14H2,1H3,(H2,25,27)(H,26,28)/t15-/m0/s1. The normalized spacial score (nSPS) is 15.6. The zero-order chi connectivity index (χ0) is 20.4. The summed E-state index contributed by atoms with van der Waals surface area (Å²) in [5, 5.41) is 3.51. The molecule has 1 aliphatic carbocycles. The number of aryl methyl sites for hydroxylation is 1. The van der Waals surface area contributed by atoms with E-state index in [1.165, 1.54) is 21.8 Å². The average Bonchev–Trinajstić information content (AvgIpc) is 3.06. The van der Waals surface area contributed by atoms with Crippen LogP contribution >= 0.6 is 11.3 Å². The highest BCUT2D eigenvalue weighted by molar-refractivity contribution is 7.17. The molecule has 0 radical (unpaired) electrons. The summed E-state index contributed by atoms with van der Waals surface area (Å²) < 4.78 is 0. The molecule has 3 N–H and O–H groups in total. The molecule has 2 amide bonds. The molecule has 4 nitrogen and oxygen atoms in total. The Labute approximate surface area is 174 Å². The molecule has 0 fully saturated rings. The van der Waals surface area contributed by atoms with E-state index in [2.05, 4.69) is 24.4 Å². The van der Waals surface area contributed by atoms with Gasteiger partial charge in [-0.3, -0.25) is 9.59 Å². The van der Waals surface area contributed by atoms with Crippen molar-refractivity contribution in [2.75, 3.05) is 5.32 Å². The number of primary amides is 1. The van der Waals surface area contributed by atoms with E-state index in [4.69, 9.17) is 5.73 Å². The molecule has 0 aliphatic heterocycles. The van der Waals surface area contributed by atoms with Crippen LogP contribution in [0.4, 0.5) is 5.00 Å². The van der Waals surface area contributed by atoms with Crippen molar-refractivity contribution >= 4 is 28.2 Å². The summed E-state index contributed by atoms with van der Waals surface area (Å²) in [7, 11) is 0. The lowest BCUT2D eigenvalue weighted by Gasteiger charge is -2.18. The number of anilines is 1. The van der Waals surface area contributed by atoms with E-state index in [1.807, 2.05) is 42.5 Å². The van der Waals surface area contributed by atoms with Crippen molar-refractivity contribution in [1.29, 1.82) is 0 Å². The summed E-state index contributed by atoms with van der Waals surface area (Å²) in [6.45, 7) is 2.18. The third-order valence-corrected chi connectivity index (χ3v) is 6.66. The maximum Gasteiger partial charge on any atom is 0.256 e. The number of carbonyl (C=O) groups is 2. The smallest absolute Gasteiger partial charge is 0.256 e. The van der Waals surface area contributed by atoms with Crippen LogP contribution in [0, 0.1) is 5.92 Å². The first-order chi connectivity index (χ1) is 14.0. The van der Waals surface area contributed by atoms with E-state index in [1.54, 1.807) is 0 Å². The third-order valence-electron chi connectivity index (χ3n) is 5.45. The van der Waals surface area contributed by atoms with Crippen LogP contribution in [0.2, 0.25) is 0 Å². The summed E-state index contributed by atoms with van der Waals surface area (Å²) >= 11 is 1.49. The van der Waals surface area contributed by atoms with Crippen LogP contribution in [-0.2, 0) is 19.3 Å². The maximum absolute atomic E-state index is 12.8. The molecule has 0 unspecified atom stereocenters. The van der Waals surface area contributed by atoms with Crippen molar-refractivity contribution in [2.24, 2.45) is 11.7 Å². The molecule has 2 aromatic carbocycles. The second kappa shape index (κ2) is 8.21. The van der Waals surface area contributed by atoms with Gasteiger partial charge in [0, 0.05) is 10.4 Å². The minimum Gasteiger partial charge on any atom is -0.365 e. The van der Waals surface area contributed by atoms with Gasteiger partial charge in [-0.15, -0.1) is 11.3 Å². The topological polar surface area (TPSA) is 72.2 Å². The quantitative estimate of drug-likeness (QED) is 0.640. The third kappa shape index (κ3) is 4.25. The highest BCUT2D eigenvalue weighted by Crippen LogP contribution is 2.39. The van der Waals surface area contributed by atoms with Crippen molar-refractivity contribution in [3.63, 3.8) is 0 Å². The first-order valence-electron chi connectivity index (χ1n) is 9.90. The zero-order valence-electron chi connectivity index (χ0n) is 16.4. The number of fused-ring (bicyclic) bond motifs is 1. The number of carbonyl (C=O) groups excluding carboxylic acids is 2. The molecular formula is C24H24N2O2S. The molecule has 1 aromatic heterocycles. The minimum atomic E-state index is -0.467. The molecule has 0 saturated heterocycles. The van der Waals surface area contributed by atoms with E-state index in [0.29, 0.717) is 22.0 Å². The van der Waals surface area contributed by atoms with Crippen molar-refractivity contribution in [2.45, 2.75) is 32.6 Å². The van der Waals surface area contributed by atoms with Gasteiger partial charge in [0.2, 0.25) is 0 Å². The fourth-order valence-corrected chi connectivity index (χ4v) is 5.13. The predicted octanol–water partition coefficient (Wildman–Crippen LogP) is 4.81. The fourth-order valence-electron chi connectivity index (χ4n) is 3.89. The number of nitrogens with one attached hydrogen (secondary N) is 1. The molecule has 0 bridgehead atoms. The second-order valence-electron chi connectivity index (χ2n) is 7.73. The van der Waals surface area contributed by atoms with E-state index >= 15 is 0 Å². The summed E-state index contributed by atoms with van der Waals surface area (Å²) in [6.07, 6.45) is 3.70. The van der Waals surface area contributed by atoms with Crippen LogP contribution in [0.25, 0.3) is 0 Å². The van der Waals surface area contributed by atoms with E-state index < -0.39 is 5.91 Å². The number of hydrogen-bond acceptors (Lipinski definition) is 3. The predicted molar refractivity (Wildman–Crippen MR) is 118 cm³/mol. The van der Waals surface area contributed by atoms with Crippen molar-refractivity contribution in [3.8, 4) is 0 Å². The molecule has 1 heterocycles. The van der Waals surface area contributed by atoms with Gasteiger partial charge in [-0.25, -0.2) is 0 Å². The monoisotopic (exact) mass is 404 g/mol. The first-order valence-corrected chi connectivity index (χ1v) is 10.7. The summed E-state index contributed by atoms with van der Waals surface area (Å²) in [5.74, 6) is -0.161. The maximum atomic E-state index is 12.8. The Kier molecular flexibility index (Phi) is 5.49. The van der Waals surface area contributed by atoms with Crippen LogP contribution in [0.15, 0.2) is 54.6 Å². The molecular weight excluding hydrogens is 380 g/mol. The van der Waals surface area contributed by atoms with E-state index in [9.17, 15) is 9.59 Å². The number of hydrogen-bond donors (Lipinski definition) is 2. The van der Waals surface area contributed by atoms with Gasteiger partial charge in [0.1, 0.15) is 5.00 Å². The summed E-state index contributed by atoms with van der Waals surface area (Å²) in [6, 6.07) is 17.8. The Morgan fingerprint density at radius 3 is 2.45 bits per heavy atom. The number of nitrogens with two attached hydrogens (primary N) is 1. The van der Waals surface area contributed by atoms with Gasteiger partial charge in [0.25, 0.3) is 11.8 Å². The SMILES string of the molecule is C[C@H]1CCc2sc(NC(=O)c3ccc(Cc4ccccc4)cc3)c(C(N)=O)c2C1. The van der Waals surface area contributed by atoms with E-state index in [-0.39, 0.29) is 5.91 Å². The molecule has 148 valence electrons. The van der Waals surface area contributed by atoms with Gasteiger partial charge in [0.05, 0.1) is 5.56 Å². The lowest BCUT2D eigenvalue weighted by molar-refractivity contribution is 0.1000. The number of thiophene rings is 1. The molecule has 4 rings (SSSR count). The Balaban J connectivity index is 1.52. The first kappa shape index (κ1) is 19.4. The van der Waals surface area contributed by atoms with Crippen LogP contribution in [0.1, 0.15) is 55.6 Å². The Morgan fingerprint density at radius 2 is 1.76 bits per heavy atom. The van der Waals surface area contributed by atoms with Gasteiger partial charge in [-0.2, -0.15) is 0 Å². The van der Waals surface area contributed by atoms with Crippen molar-refractivity contribution in [3.05, 3.63) is 87.3 Å². The van der Waals surface area contributed by atoms with Gasteiger partial charge >= 0.3 is 0 Å². The van der Waals surface area contributed by atoms with Gasteiger partial charge < -0.3 is 11.1 Å². The van der Waals surface area contributed by atoms with Gasteiger partial charge in [0.15, 0.2) is 0 Å². The largest absolute Gasteiger partial charge is 0.365 e. The molecule has 0 saturated carbocycles. The fraction of sp³-hybridized carbons (Fsp3) is 0.250. The van der Waals surface area contributed by atoms with Crippen LogP contribution in [0.5, 0.6) is 0 Å². The van der Waals surface area contributed by atoms with E-state index in [0.717, 1.165) is 36.8 Å². The van der Waals surface area contributed by atoms with Crippen LogP contribution in [-0.4, -0.2) is 11.8 Å². The number of benzene rings is 2. The van der Waals surface area contributed by atoms with Crippen LogP contribution < -0.4 is 11.1 Å². The Morgan fingerprint density at radius 1 is 1.07 bits per heavy atom. The average molecular weight is 405 g/mol. The highest BCUT2D eigenvalue weighted by Gasteiger charge is 2.27.